The number of nitrogens with one attached hydrogen (secondary N) is 3. The Hall–Kier alpha value is -4.14. The van der Waals surface area contributed by atoms with Crippen LogP contribution in [-0.4, -0.2) is 30.8 Å². The molecule has 2 aromatic rings. The first-order valence-corrected chi connectivity index (χ1v) is 8.94. The zero-order valence-electron chi connectivity index (χ0n) is 16.3. The van der Waals surface area contributed by atoms with Gasteiger partial charge in [-0.25, -0.2) is 4.79 Å². The number of amides is 3. The molecule has 1 aromatic carbocycles. The Labute approximate surface area is 171 Å². The minimum absolute atomic E-state index is 0.0326. The van der Waals surface area contributed by atoms with Crippen LogP contribution in [0.4, 0.5) is 5.69 Å². The van der Waals surface area contributed by atoms with Crippen LogP contribution in [0.15, 0.2) is 63.7 Å². The lowest BCUT2D eigenvalue weighted by Crippen LogP contribution is -2.34. The van der Waals surface area contributed by atoms with E-state index in [0.717, 1.165) is 0 Å². The fourth-order valence-corrected chi connectivity index (χ4v) is 2.78. The number of ether oxygens (including phenoxy) is 1. The number of methoxy groups -OCH3 is 1. The number of para-hydroxylation sites is 1. The summed E-state index contributed by atoms with van der Waals surface area (Å²) in [6, 6.07) is 11.8. The van der Waals surface area contributed by atoms with E-state index in [1.807, 2.05) is 0 Å². The third-order valence-corrected chi connectivity index (χ3v) is 4.21. The molecule has 0 radical (unpaired) electrons. The Balaban J connectivity index is 1.63. The van der Waals surface area contributed by atoms with Crippen molar-refractivity contribution >= 4 is 35.5 Å². The van der Waals surface area contributed by atoms with Crippen molar-refractivity contribution in [2.45, 2.75) is 13.5 Å². The van der Waals surface area contributed by atoms with Crippen molar-refractivity contribution in [2.75, 3.05) is 12.4 Å². The van der Waals surface area contributed by atoms with Crippen LogP contribution in [0.3, 0.4) is 0 Å². The Morgan fingerprint density at radius 3 is 2.53 bits per heavy atom. The van der Waals surface area contributed by atoms with Crippen LogP contribution in [0.5, 0.6) is 0 Å². The first-order chi connectivity index (χ1) is 14.4. The van der Waals surface area contributed by atoms with Crippen LogP contribution in [0.2, 0.25) is 0 Å². The van der Waals surface area contributed by atoms with Crippen molar-refractivity contribution in [1.82, 2.24) is 10.6 Å². The summed E-state index contributed by atoms with van der Waals surface area (Å²) in [7, 11) is 1.23. The number of benzene rings is 1. The molecule has 0 saturated carbocycles. The molecule has 0 atom stereocenters. The van der Waals surface area contributed by atoms with E-state index in [2.05, 4.69) is 16.0 Å². The standard InChI is InChI=1S/C21H19N3O6/c1-12-17(21(28)29-2)16(18(25)23-12)10-14-8-9-15(30-14)11-22-19(26)20(27)24-13-6-4-3-5-7-13/h3-10H,11H2,1-2H3,(H,22,26)(H,23,25)(H,24,27)/b16-10-. The normalized spacial score (nSPS) is 14.5. The summed E-state index contributed by atoms with van der Waals surface area (Å²) in [6.45, 7) is 1.56. The number of furan rings is 1. The number of carbonyl (C=O) groups excluding carboxylic acids is 4. The number of anilines is 1. The maximum absolute atomic E-state index is 12.1. The minimum Gasteiger partial charge on any atom is -0.465 e. The SMILES string of the molecule is COC(=O)C1=C(C)NC(=O)/C1=C\c1ccc(CNC(=O)C(=O)Nc2ccccc2)o1. The van der Waals surface area contributed by atoms with Gasteiger partial charge in [0.1, 0.15) is 11.5 Å². The van der Waals surface area contributed by atoms with Crippen LogP contribution >= 0.6 is 0 Å². The third-order valence-electron chi connectivity index (χ3n) is 4.21. The Bertz CT molecular complexity index is 1070. The van der Waals surface area contributed by atoms with Crippen molar-refractivity contribution in [3.05, 3.63) is 70.8 Å². The Kier molecular flexibility index (Phi) is 6.11. The van der Waals surface area contributed by atoms with Crippen molar-refractivity contribution < 1.29 is 28.3 Å². The van der Waals surface area contributed by atoms with Gasteiger partial charge in [0.05, 0.1) is 24.8 Å². The van der Waals surface area contributed by atoms with E-state index in [4.69, 9.17) is 9.15 Å². The molecule has 0 spiro atoms. The molecule has 0 saturated heterocycles. The number of allylic oxidation sites excluding steroid dienone is 1. The summed E-state index contributed by atoms with van der Waals surface area (Å²) in [4.78, 5) is 47.9. The largest absolute Gasteiger partial charge is 0.465 e. The fourth-order valence-electron chi connectivity index (χ4n) is 2.78. The van der Waals surface area contributed by atoms with Gasteiger partial charge in [0.25, 0.3) is 5.91 Å². The quantitative estimate of drug-likeness (QED) is 0.390. The van der Waals surface area contributed by atoms with Gasteiger partial charge in [-0.1, -0.05) is 18.2 Å². The lowest BCUT2D eigenvalue weighted by atomic mass is 10.1. The molecular formula is C21H19N3O6. The number of rotatable bonds is 5. The molecule has 30 heavy (non-hydrogen) atoms. The third kappa shape index (κ3) is 4.64. The van der Waals surface area contributed by atoms with Gasteiger partial charge in [0.15, 0.2) is 0 Å². The van der Waals surface area contributed by atoms with E-state index in [0.29, 0.717) is 22.9 Å². The molecule has 0 fully saturated rings. The summed E-state index contributed by atoms with van der Waals surface area (Å²) in [6.07, 6.45) is 1.41. The molecule has 0 bridgehead atoms. The van der Waals surface area contributed by atoms with Gasteiger partial charge in [0, 0.05) is 11.4 Å². The monoisotopic (exact) mass is 409 g/mol. The van der Waals surface area contributed by atoms with E-state index >= 15 is 0 Å². The summed E-state index contributed by atoms with van der Waals surface area (Å²) < 4.78 is 10.3. The second-order valence-electron chi connectivity index (χ2n) is 6.31. The lowest BCUT2D eigenvalue weighted by molar-refractivity contribution is -0.136. The molecule has 9 heteroatoms. The van der Waals surface area contributed by atoms with E-state index in [9.17, 15) is 19.2 Å². The van der Waals surface area contributed by atoms with Crippen molar-refractivity contribution in [3.63, 3.8) is 0 Å². The fraction of sp³-hybridized carbons (Fsp3) is 0.143. The topological polar surface area (TPSA) is 127 Å². The van der Waals surface area contributed by atoms with E-state index in [1.54, 1.807) is 49.4 Å². The first-order valence-electron chi connectivity index (χ1n) is 8.94. The van der Waals surface area contributed by atoms with E-state index < -0.39 is 23.7 Å². The molecule has 154 valence electrons. The maximum Gasteiger partial charge on any atom is 0.340 e. The van der Waals surface area contributed by atoms with E-state index in [-0.39, 0.29) is 17.7 Å². The molecule has 1 aromatic heterocycles. The van der Waals surface area contributed by atoms with Gasteiger partial charge in [-0.15, -0.1) is 0 Å². The van der Waals surface area contributed by atoms with Gasteiger partial charge in [0.2, 0.25) is 0 Å². The number of hydrogen-bond donors (Lipinski definition) is 3. The average molecular weight is 409 g/mol. The van der Waals surface area contributed by atoms with Crippen LogP contribution in [0.1, 0.15) is 18.4 Å². The number of carbonyl (C=O) groups is 4. The van der Waals surface area contributed by atoms with Crippen molar-refractivity contribution in [2.24, 2.45) is 0 Å². The average Bonchev–Trinajstić information content (AvgIpc) is 3.30. The van der Waals surface area contributed by atoms with Crippen LogP contribution in [0, 0.1) is 0 Å². The first kappa shape index (κ1) is 20.6. The Morgan fingerprint density at radius 1 is 1.10 bits per heavy atom. The molecule has 3 amide bonds. The predicted molar refractivity (Wildman–Crippen MR) is 106 cm³/mol. The highest BCUT2D eigenvalue weighted by Crippen LogP contribution is 2.25. The maximum atomic E-state index is 12.1. The second-order valence-corrected chi connectivity index (χ2v) is 6.31. The molecule has 0 aliphatic carbocycles. The molecular weight excluding hydrogens is 390 g/mol. The van der Waals surface area contributed by atoms with Gasteiger partial charge in [-0.2, -0.15) is 0 Å². The zero-order valence-corrected chi connectivity index (χ0v) is 16.3. The molecule has 0 unspecified atom stereocenters. The smallest absolute Gasteiger partial charge is 0.340 e. The molecule has 3 N–H and O–H groups in total. The molecule has 2 heterocycles. The van der Waals surface area contributed by atoms with Crippen LogP contribution in [-0.2, 0) is 30.5 Å². The van der Waals surface area contributed by atoms with Gasteiger partial charge in [-0.3, -0.25) is 14.4 Å². The number of esters is 1. The lowest BCUT2D eigenvalue weighted by Gasteiger charge is -2.05. The van der Waals surface area contributed by atoms with Crippen molar-refractivity contribution in [1.29, 1.82) is 0 Å². The molecule has 3 rings (SSSR count). The highest BCUT2D eigenvalue weighted by molar-refractivity contribution is 6.39. The van der Waals surface area contributed by atoms with Crippen molar-refractivity contribution in [3.8, 4) is 0 Å². The predicted octanol–water partition coefficient (Wildman–Crippen LogP) is 1.49. The van der Waals surface area contributed by atoms with Gasteiger partial charge < -0.3 is 25.1 Å². The Morgan fingerprint density at radius 2 is 1.83 bits per heavy atom. The summed E-state index contributed by atoms with van der Waals surface area (Å²) >= 11 is 0. The molecule has 1 aliphatic heterocycles. The number of hydrogen-bond acceptors (Lipinski definition) is 6. The van der Waals surface area contributed by atoms with Crippen LogP contribution < -0.4 is 16.0 Å². The molecule has 1 aliphatic rings. The minimum atomic E-state index is -0.822. The summed E-state index contributed by atoms with van der Waals surface area (Å²) in [5.41, 5.74) is 1.14. The van der Waals surface area contributed by atoms with E-state index in [1.165, 1.54) is 13.2 Å². The van der Waals surface area contributed by atoms with Crippen LogP contribution in [0.25, 0.3) is 6.08 Å². The highest BCUT2D eigenvalue weighted by Gasteiger charge is 2.31. The second kappa shape index (κ2) is 8.91. The summed E-state index contributed by atoms with van der Waals surface area (Å²) in [5, 5.41) is 7.49. The summed E-state index contributed by atoms with van der Waals surface area (Å²) in [5.74, 6) is -2.05. The highest BCUT2D eigenvalue weighted by atomic mass is 16.5. The zero-order chi connectivity index (χ0) is 21.7. The van der Waals surface area contributed by atoms with Gasteiger partial charge >= 0.3 is 17.8 Å². The molecule has 9 nitrogen and oxygen atoms in total. The van der Waals surface area contributed by atoms with Gasteiger partial charge in [-0.05, 0) is 37.3 Å².